The van der Waals surface area contributed by atoms with E-state index < -0.39 is 0 Å². The van der Waals surface area contributed by atoms with Crippen LogP contribution < -0.4 is 5.32 Å². The smallest absolute Gasteiger partial charge is 0.00431 e. The maximum Gasteiger partial charge on any atom is -0.00431 e. The summed E-state index contributed by atoms with van der Waals surface area (Å²) in [7, 11) is 0. The van der Waals surface area contributed by atoms with Crippen molar-refractivity contribution in [1.29, 1.82) is 0 Å². The molecule has 1 heterocycles. The van der Waals surface area contributed by atoms with Crippen LogP contribution in [0.15, 0.2) is 24.3 Å². The zero-order valence-electron chi connectivity index (χ0n) is 9.21. The number of hydrogen-bond donors (Lipinski definition) is 1. The largest absolute Gasteiger partial charge is 0.317 e. The molecule has 0 amide bonds. The summed E-state index contributed by atoms with van der Waals surface area (Å²) in [6.07, 6.45) is 5.45. The minimum absolute atomic E-state index is 0.810. The maximum absolute atomic E-state index is 3.43. The lowest BCUT2D eigenvalue weighted by molar-refractivity contribution is 0.460. The number of hydrogen-bond acceptors (Lipinski definition) is 1. The Morgan fingerprint density at radius 2 is 1.47 bits per heavy atom. The summed E-state index contributed by atoms with van der Waals surface area (Å²) in [5.41, 5.74) is 3.17. The van der Waals surface area contributed by atoms with Gasteiger partial charge in [-0.15, -0.1) is 0 Å². The number of benzene rings is 1. The van der Waals surface area contributed by atoms with E-state index in [4.69, 9.17) is 0 Å². The highest BCUT2D eigenvalue weighted by molar-refractivity contribution is 5.31. The van der Waals surface area contributed by atoms with Gasteiger partial charge in [-0.1, -0.05) is 24.3 Å². The molecular formula is C14H19N. The van der Waals surface area contributed by atoms with Gasteiger partial charge in [0.15, 0.2) is 0 Å². The van der Waals surface area contributed by atoms with Crippen LogP contribution in [0.2, 0.25) is 0 Å². The molecule has 1 N–H and O–H groups in total. The van der Waals surface area contributed by atoms with Gasteiger partial charge in [-0.05, 0) is 61.7 Å². The molecular weight excluding hydrogens is 182 g/mol. The molecule has 1 nitrogen and oxygen atoms in total. The molecule has 3 rings (SSSR count). The van der Waals surface area contributed by atoms with E-state index in [1.807, 2.05) is 0 Å². The van der Waals surface area contributed by atoms with Crippen LogP contribution >= 0.6 is 0 Å². The van der Waals surface area contributed by atoms with E-state index >= 15 is 0 Å². The molecule has 1 aromatic rings. The minimum Gasteiger partial charge on any atom is -0.317 e. The lowest BCUT2D eigenvalue weighted by atomic mass is 9.89. The lowest BCUT2D eigenvalue weighted by Gasteiger charge is -2.23. The zero-order valence-corrected chi connectivity index (χ0v) is 9.21. The second-order valence-electron chi connectivity index (χ2n) is 4.97. The first-order valence-electron chi connectivity index (χ1n) is 6.24. The number of rotatable bonds is 2. The van der Waals surface area contributed by atoms with Crippen molar-refractivity contribution in [3.05, 3.63) is 35.4 Å². The van der Waals surface area contributed by atoms with E-state index in [2.05, 4.69) is 29.6 Å². The van der Waals surface area contributed by atoms with Crippen molar-refractivity contribution >= 4 is 0 Å². The Hall–Kier alpha value is -0.820. The van der Waals surface area contributed by atoms with Crippen LogP contribution in [-0.4, -0.2) is 13.1 Å². The Labute approximate surface area is 91.9 Å². The molecule has 2 fully saturated rings. The van der Waals surface area contributed by atoms with Crippen LogP contribution in [0, 0.1) is 0 Å². The van der Waals surface area contributed by atoms with E-state index in [1.54, 1.807) is 11.1 Å². The second kappa shape index (κ2) is 3.97. The van der Waals surface area contributed by atoms with Crippen molar-refractivity contribution in [3.8, 4) is 0 Å². The molecule has 2 aliphatic rings. The summed E-state index contributed by atoms with van der Waals surface area (Å²) >= 11 is 0. The normalized spacial score (nSPS) is 22.9. The van der Waals surface area contributed by atoms with E-state index in [9.17, 15) is 0 Å². The summed E-state index contributed by atoms with van der Waals surface area (Å²) in [6.45, 7) is 2.39. The van der Waals surface area contributed by atoms with Crippen LogP contribution in [0.1, 0.15) is 48.6 Å². The second-order valence-corrected chi connectivity index (χ2v) is 4.97. The van der Waals surface area contributed by atoms with Crippen LogP contribution in [0.25, 0.3) is 0 Å². The fourth-order valence-corrected chi connectivity index (χ4v) is 2.64. The molecule has 1 saturated heterocycles. The molecule has 15 heavy (non-hydrogen) atoms. The first-order valence-corrected chi connectivity index (χ1v) is 6.24. The van der Waals surface area contributed by atoms with Gasteiger partial charge in [-0.25, -0.2) is 0 Å². The number of piperidine rings is 1. The lowest BCUT2D eigenvalue weighted by Crippen LogP contribution is -2.26. The molecule has 1 heteroatoms. The van der Waals surface area contributed by atoms with E-state index in [0.717, 1.165) is 11.8 Å². The Morgan fingerprint density at radius 1 is 0.867 bits per heavy atom. The Kier molecular flexibility index (Phi) is 2.49. The van der Waals surface area contributed by atoms with Gasteiger partial charge < -0.3 is 5.32 Å². The fraction of sp³-hybridized carbons (Fsp3) is 0.571. The molecule has 1 saturated carbocycles. The van der Waals surface area contributed by atoms with Crippen molar-refractivity contribution in [3.63, 3.8) is 0 Å². The molecule has 0 unspecified atom stereocenters. The van der Waals surface area contributed by atoms with E-state index in [0.29, 0.717) is 0 Å². The molecule has 0 radical (unpaired) electrons. The summed E-state index contributed by atoms with van der Waals surface area (Å²) in [5, 5.41) is 3.43. The predicted octanol–water partition coefficient (Wildman–Crippen LogP) is 3.03. The van der Waals surface area contributed by atoms with Crippen LogP contribution in [-0.2, 0) is 0 Å². The quantitative estimate of drug-likeness (QED) is 0.775. The fourth-order valence-electron chi connectivity index (χ4n) is 2.64. The van der Waals surface area contributed by atoms with Gasteiger partial charge in [0.1, 0.15) is 0 Å². The zero-order chi connectivity index (χ0) is 10.1. The monoisotopic (exact) mass is 201 g/mol. The Bertz CT molecular complexity index is 335. The summed E-state index contributed by atoms with van der Waals surface area (Å²) < 4.78 is 0. The Balaban J connectivity index is 1.80. The summed E-state index contributed by atoms with van der Waals surface area (Å²) in [5.74, 6) is 1.71. The van der Waals surface area contributed by atoms with Crippen molar-refractivity contribution in [2.45, 2.75) is 37.5 Å². The molecule has 1 aliphatic carbocycles. The van der Waals surface area contributed by atoms with Crippen molar-refractivity contribution in [2.24, 2.45) is 0 Å². The van der Waals surface area contributed by atoms with Crippen LogP contribution in [0.5, 0.6) is 0 Å². The molecule has 0 bridgehead atoms. The van der Waals surface area contributed by atoms with Crippen LogP contribution in [0.3, 0.4) is 0 Å². The van der Waals surface area contributed by atoms with E-state index in [1.165, 1.54) is 38.8 Å². The molecule has 0 atom stereocenters. The van der Waals surface area contributed by atoms with Crippen LogP contribution in [0.4, 0.5) is 0 Å². The van der Waals surface area contributed by atoms with Gasteiger partial charge >= 0.3 is 0 Å². The standard InChI is InChI=1S/C14H19N/c1-2-13(11-4-5-11)10-14(3-1)12-6-8-15-9-7-12/h1-3,10-12,15H,4-9H2. The van der Waals surface area contributed by atoms with Gasteiger partial charge in [0.2, 0.25) is 0 Å². The van der Waals surface area contributed by atoms with E-state index in [-0.39, 0.29) is 0 Å². The van der Waals surface area contributed by atoms with Crippen molar-refractivity contribution < 1.29 is 0 Å². The highest BCUT2D eigenvalue weighted by Crippen LogP contribution is 2.41. The molecule has 80 valence electrons. The van der Waals surface area contributed by atoms with Gasteiger partial charge in [0.25, 0.3) is 0 Å². The number of nitrogens with one attached hydrogen (secondary N) is 1. The molecule has 0 spiro atoms. The predicted molar refractivity (Wildman–Crippen MR) is 63.3 cm³/mol. The third kappa shape index (κ3) is 2.07. The topological polar surface area (TPSA) is 12.0 Å². The first kappa shape index (κ1) is 9.41. The van der Waals surface area contributed by atoms with Crippen molar-refractivity contribution in [1.82, 2.24) is 5.32 Å². The Morgan fingerprint density at radius 3 is 2.07 bits per heavy atom. The van der Waals surface area contributed by atoms with Crippen molar-refractivity contribution in [2.75, 3.05) is 13.1 Å². The maximum atomic E-state index is 3.43. The van der Waals surface area contributed by atoms with Gasteiger partial charge in [0, 0.05) is 0 Å². The average Bonchev–Trinajstić information content (AvgIpc) is 3.14. The molecule has 1 aliphatic heterocycles. The summed E-state index contributed by atoms with van der Waals surface area (Å²) in [6, 6.07) is 9.35. The van der Waals surface area contributed by atoms with Gasteiger partial charge in [-0.3, -0.25) is 0 Å². The minimum atomic E-state index is 0.810. The average molecular weight is 201 g/mol. The van der Waals surface area contributed by atoms with Gasteiger partial charge in [0.05, 0.1) is 0 Å². The highest BCUT2D eigenvalue weighted by atomic mass is 14.9. The highest BCUT2D eigenvalue weighted by Gasteiger charge is 2.24. The summed E-state index contributed by atoms with van der Waals surface area (Å²) in [4.78, 5) is 0. The first-order chi connectivity index (χ1) is 7.43. The third-order valence-corrected chi connectivity index (χ3v) is 3.77. The SMILES string of the molecule is c1cc(C2CCNCC2)cc(C2CC2)c1. The third-order valence-electron chi connectivity index (χ3n) is 3.77. The van der Waals surface area contributed by atoms with Gasteiger partial charge in [-0.2, -0.15) is 0 Å². The molecule has 1 aromatic carbocycles. The molecule has 0 aromatic heterocycles.